The van der Waals surface area contributed by atoms with Gasteiger partial charge in [0.25, 0.3) is 0 Å². The van der Waals surface area contributed by atoms with Crippen molar-refractivity contribution >= 4 is 27.7 Å². The fourth-order valence-corrected chi connectivity index (χ4v) is 4.56. The molecule has 2 aromatic heterocycles. The van der Waals surface area contributed by atoms with Crippen LogP contribution >= 0.6 is 0 Å². The van der Waals surface area contributed by atoms with E-state index in [1.54, 1.807) is 18.5 Å². The summed E-state index contributed by atoms with van der Waals surface area (Å²) in [5.74, 6) is 1.26. The summed E-state index contributed by atoms with van der Waals surface area (Å²) in [7, 11) is -3.00. The van der Waals surface area contributed by atoms with Gasteiger partial charge in [0.1, 0.15) is 5.82 Å². The van der Waals surface area contributed by atoms with E-state index < -0.39 is 9.84 Å². The molecule has 0 amide bonds. The Morgan fingerprint density at radius 1 is 1.12 bits per heavy atom. The van der Waals surface area contributed by atoms with Crippen LogP contribution in [0.15, 0.2) is 59.8 Å². The van der Waals surface area contributed by atoms with Gasteiger partial charge in [0, 0.05) is 37.5 Å². The van der Waals surface area contributed by atoms with Crippen LogP contribution < -0.4 is 15.1 Å². The van der Waals surface area contributed by atoms with Gasteiger partial charge in [-0.25, -0.2) is 8.42 Å². The van der Waals surface area contributed by atoms with E-state index in [9.17, 15) is 8.42 Å². The van der Waals surface area contributed by atoms with Gasteiger partial charge in [-0.2, -0.15) is 15.1 Å². The summed E-state index contributed by atoms with van der Waals surface area (Å²) in [6.07, 6.45) is 4.07. The number of aryl methyl sites for hydroxylation is 1. The minimum Gasteiger partial charge on any atom is -0.463 e. The molecule has 1 N–H and O–H groups in total. The first kappa shape index (κ1) is 22.7. The van der Waals surface area contributed by atoms with Crippen LogP contribution in [-0.2, 0) is 16.3 Å². The fourth-order valence-electron chi connectivity index (χ4n) is 3.35. The average molecular weight is 467 g/mol. The second kappa shape index (κ2) is 10.4. The second-order valence-electron chi connectivity index (χ2n) is 7.74. The number of aromatic nitrogens is 3. The van der Waals surface area contributed by atoms with Gasteiger partial charge in [0.2, 0.25) is 0 Å². The maximum absolute atomic E-state index is 11.8. The maximum Gasteiger partial charge on any atom is 0.320 e. The number of benzene rings is 1. The number of sulfone groups is 1. The molecule has 0 saturated carbocycles. The summed E-state index contributed by atoms with van der Waals surface area (Å²) in [5.41, 5.74) is 5.96. The molecule has 0 radical (unpaired) electrons. The maximum atomic E-state index is 11.8. The van der Waals surface area contributed by atoms with Gasteiger partial charge in [0.15, 0.2) is 15.7 Å². The van der Waals surface area contributed by atoms with E-state index in [-0.39, 0.29) is 17.5 Å². The van der Waals surface area contributed by atoms with Gasteiger partial charge in [0.05, 0.1) is 24.3 Å². The molecule has 9 nitrogen and oxygen atoms in total. The van der Waals surface area contributed by atoms with E-state index in [0.717, 1.165) is 16.8 Å². The van der Waals surface area contributed by atoms with E-state index >= 15 is 0 Å². The lowest BCUT2D eigenvalue weighted by atomic mass is 10.2. The Labute approximate surface area is 193 Å². The summed E-state index contributed by atoms with van der Waals surface area (Å²) < 4.78 is 29.4. The van der Waals surface area contributed by atoms with E-state index in [1.165, 1.54) is 0 Å². The number of nitrogens with one attached hydrogen (secondary N) is 1. The largest absolute Gasteiger partial charge is 0.463 e. The predicted molar refractivity (Wildman–Crippen MR) is 129 cm³/mol. The van der Waals surface area contributed by atoms with Crippen molar-refractivity contribution in [3.8, 4) is 6.01 Å². The van der Waals surface area contributed by atoms with Crippen LogP contribution in [0.1, 0.15) is 16.8 Å². The highest BCUT2D eigenvalue weighted by Crippen LogP contribution is 2.21. The zero-order chi connectivity index (χ0) is 23.1. The molecule has 0 bridgehead atoms. The molecule has 33 heavy (non-hydrogen) atoms. The number of hydrazone groups is 1. The second-order valence-corrected chi connectivity index (χ2v) is 10.0. The molecular weight excluding hydrogens is 440 g/mol. The zero-order valence-corrected chi connectivity index (χ0v) is 19.2. The molecule has 0 unspecified atom stereocenters. The number of anilines is 2. The number of rotatable bonds is 8. The van der Waals surface area contributed by atoms with E-state index in [1.807, 2.05) is 54.3 Å². The third kappa shape index (κ3) is 6.72. The van der Waals surface area contributed by atoms with Crippen molar-refractivity contribution in [1.29, 1.82) is 0 Å². The Kier molecular flexibility index (Phi) is 7.13. The van der Waals surface area contributed by atoms with Crippen LogP contribution in [0.2, 0.25) is 0 Å². The zero-order valence-electron chi connectivity index (χ0n) is 18.4. The molecule has 10 heteroatoms. The van der Waals surface area contributed by atoms with Crippen molar-refractivity contribution in [1.82, 2.24) is 15.0 Å². The van der Waals surface area contributed by atoms with Gasteiger partial charge in [-0.1, -0.05) is 35.9 Å². The molecule has 1 aliphatic rings. The first-order valence-corrected chi connectivity index (χ1v) is 12.5. The summed E-state index contributed by atoms with van der Waals surface area (Å²) in [6.45, 7) is 3.13. The molecule has 172 valence electrons. The number of hydrogen-bond donors (Lipinski definition) is 1. The molecule has 1 aliphatic heterocycles. The summed E-state index contributed by atoms with van der Waals surface area (Å²) in [6, 6.07) is 15.7. The Morgan fingerprint density at radius 2 is 1.97 bits per heavy atom. The van der Waals surface area contributed by atoms with Crippen molar-refractivity contribution < 1.29 is 13.2 Å². The molecule has 0 aliphatic carbocycles. The lowest BCUT2D eigenvalue weighted by Gasteiger charge is -2.28. The van der Waals surface area contributed by atoms with Crippen LogP contribution in [0.5, 0.6) is 6.01 Å². The molecular formula is C23H26N6O3S. The van der Waals surface area contributed by atoms with Crippen molar-refractivity contribution in [2.45, 2.75) is 13.3 Å². The van der Waals surface area contributed by atoms with Gasteiger partial charge in [-0.15, -0.1) is 0 Å². The number of pyridine rings is 1. The third-order valence-electron chi connectivity index (χ3n) is 5.11. The minimum atomic E-state index is -3.00. The normalized spacial score (nSPS) is 15.5. The highest BCUT2D eigenvalue weighted by Gasteiger charge is 2.23. The fraction of sp³-hybridized carbons (Fsp3) is 0.304. The van der Waals surface area contributed by atoms with Crippen LogP contribution in [0.25, 0.3) is 0 Å². The van der Waals surface area contributed by atoms with E-state index in [2.05, 4.69) is 25.5 Å². The van der Waals surface area contributed by atoms with Gasteiger partial charge < -0.3 is 9.64 Å². The third-order valence-corrected chi connectivity index (χ3v) is 6.72. The highest BCUT2D eigenvalue weighted by molar-refractivity contribution is 7.91. The lowest BCUT2D eigenvalue weighted by Crippen LogP contribution is -2.40. The van der Waals surface area contributed by atoms with Crippen molar-refractivity contribution in [2.75, 3.05) is 41.5 Å². The van der Waals surface area contributed by atoms with E-state index in [0.29, 0.717) is 37.8 Å². The van der Waals surface area contributed by atoms with Crippen LogP contribution in [0, 0.1) is 6.92 Å². The standard InChI is InChI=1S/C23H26N6O3S/c1-18-5-4-6-19(15-18)17-25-28-21-16-22(29-10-13-33(30,31)14-11-29)27-23(26-21)32-12-8-20-7-2-3-9-24-20/h2-7,9,15-17H,8,10-14H2,1H3,(H,26,27,28)/b25-17+. The smallest absolute Gasteiger partial charge is 0.320 e. The van der Waals surface area contributed by atoms with Crippen LogP contribution in [0.4, 0.5) is 11.6 Å². The molecule has 0 spiro atoms. The van der Waals surface area contributed by atoms with Crippen molar-refractivity contribution in [3.63, 3.8) is 0 Å². The molecule has 1 saturated heterocycles. The van der Waals surface area contributed by atoms with Gasteiger partial charge in [-0.05, 0) is 24.6 Å². The van der Waals surface area contributed by atoms with Crippen molar-refractivity contribution in [3.05, 3.63) is 71.5 Å². The summed E-state index contributed by atoms with van der Waals surface area (Å²) >= 11 is 0. The Hall–Kier alpha value is -3.53. The lowest BCUT2D eigenvalue weighted by molar-refractivity contribution is 0.295. The van der Waals surface area contributed by atoms with Gasteiger partial charge in [-0.3, -0.25) is 10.4 Å². The highest BCUT2D eigenvalue weighted by atomic mass is 32.2. The van der Waals surface area contributed by atoms with Gasteiger partial charge >= 0.3 is 6.01 Å². The Balaban J connectivity index is 1.49. The number of nitrogens with zero attached hydrogens (tertiary/aromatic N) is 5. The Bertz CT molecular complexity index is 1200. The molecule has 3 heterocycles. The predicted octanol–water partition coefficient (Wildman–Crippen LogP) is 2.48. The summed E-state index contributed by atoms with van der Waals surface area (Å²) in [4.78, 5) is 15.1. The first-order valence-electron chi connectivity index (χ1n) is 10.7. The molecule has 3 aromatic rings. The molecule has 1 fully saturated rings. The molecule has 0 atom stereocenters. The van der Waals surface area contributed by atoms with Crippen LogP contribution in [-0.4, -0.2) is 60.8 Å². The van der Waals surface area contributed by atoms with Crippen LogP contribution in [0.3, 0.4) is 0 Å². The van der Waals surface area contributed by atoms with E-state index in [4.69, 9.17) is 4.74 Å². The average Bonchev–Trinajstić information content (AvgIpc) is 2.80. The molecule has 1 aromatic carbocycles. The first-order chi connectivity index (χ1) is 16.0. The van der Waals surface area contributed by atoms with Crippen molar-refractivity contribution in [2.24, 2.45) is 5.10 Å². The Morgan fingerprint density at radius 3 is 2.73 bits per heavy atom. The summed E-state index contributed by atoms with van der Waals surface area (Å²) in [5, 5.41) is 4.29. The quantitative estimate of drug-likeness (QED) is 0.398. The topological polar surface area (TPSA) is 110 Å². The monoisotopic (exact) mass is 466 g/mol. The minimum absolute atomic E-state index is 0.0984. The SMILES string of the molecule is Cc1cccc(/C=N/Nc2cc(N3CCS(=O)(=O)CC3)nc(OCCc3ccccn3)n2)c1. The number of hydrogen-bond acceptors (Lipinski definition) is 9. The number of ether oxygens (including phenoxy) is 1. The molecule has 4 rings (SSSR count).